The largest absolute Gasteiger partial charge is 0.393 e. The Labute approximate surface area is 121 Å². The predicted molar refractivity (Wildman–Crippen MR) is 85.5 cm³/mol. The fraction of sp³-hybridized carbons (Fsp3) is 0.263. The first-order valence-corrected chi connectivity index (χ1v) is 7.28. The van der Waals surface area contributed by atoms with Crippen molar-refractivity contribution >= 4 is 6.08 Å². The van der Waals surface area contributed by atoms with Crippen molar-refractivity contribution in [1.29, 1.82) is 0 Å². The van der Waals surface area contributed by atoms with Crippen LogP contribution in [-0.2, 0) is 6.42 Å². The number of aliphatic hydroxyl groups excluding tert-OH is 1. The van der Waals surface area contributed by atoms with Crippen LogP contribution in [0.1, 0.15) is 30.4 Å². The number of hydrogen-bond donors (Lipinski definition) is 1. The van der Waals surface area contributed by atoms with Gasteiger partial charge in [0.05, 0.1) is 6.10 Å². The highest BCUT2D eigenvalue weighted by Crippen LogP contribution is 2.10. The van der Waals surface area contributed by atoms with Crippen molar-refractivity contribution < 1.29 is 5.11 Å². The van der Waals surface area contributed by atoms with Gasteiger partial charge in [0.25, 0.3) is 0 Å². The molecule has 1 N–H and O–H groups in total. The van der Waals surface area contributed by atoms with Crippen LogP contribution >= 0.6 is 0 Å². The van der Waals surface area contributed by atoms with Gasteiger partial charge in [-0.05, 0) is 36.8 Å². The normalized spacial score (nSPS) is 12.7. The number of rotatable bonds is 7. The average Bonchev–Trinajstić information content (AvgIpc) is 2.52. The molecule has 0 amide bonds. The van der Waals surface area contributed by atoms with E-state index in [-0.39, 0.29) is 6.10 Å². The number of hydrogen-bond acceptors (Lipinski definition) is 1. The lowest BCUT2D eigenvalue weighted by Crippen LogP contribution is -2.07. The van der Waals surface area contributed by atoms with E-state index in [0.717, 1.165) is 25.7 Å². The second-order valence-electron chi connectivity index (χ2n) is 5.07. The van der Waals surface area contributed by atoms with E-state index in [2.05, 4.69) is 36.4 Å². The summed E-state index contributed by atoms with van der Waals surface area (Å²) in [5.41, 5.74) is 2.51. The highest BCUT2D eigenvalue weighted by molar-refractivity contribution is 5.48. The van der Waals surface area contributed by atoms with Crippen LogP contribution in [0.3, 0.4) is 0 Å². The number of aryl methyl sites for hydroxylation is 1. The van der Waals surface area contributed by atoms with E-state index in [1.54, 1.807) is 0 Å². The Bertz CT molecular complexity index is 502. The molecular formula is C19H22O. The maximum absolute atomic E-state index is 9.97. The van der Waals surface area contributed by atoms with Gasteiger partial charge in [-0.25, -0.2) is 0 Å². The molecule has 0 saturated carbocycles. The van der Waals surface area contributed by atoms with Crippen molar-refractivity contribution in [2.45, 2.75) is 31.8 Å². The highest BCUT2D eigenvalue weighted by Gasteiger charge is 2.03. The summed E-state index contributed by atoms with van der Waals surface area (Å²) in [4.78, 5) is 0. The summed E-state index contributed by atoms with van der Waals surface area (Å²) in [6, 6.07) is 20.6. The van der Waals surface area contributed by atoms with Gasteiger partial charge in [-0.1, -0.05) is 72.8 Å². The topological polar surface area (TPSA) is 20.2 Å². The Balaban J connectivity index is 1.65. The third-order valence-corrected chi connectivity index (χ3v) is 3.39. The zero-order valence-corrected chi connectivity index (χ0v) is 11.8. The summed E-state index contributed by atoms with van der Waals surface area (Å²) in [7, 11) is 0. The molecular weight excluding hydrogens is 244 g/mol. The first-order chi connectivity index (χ1) is 9.84. The lowest BCUT2D eigenvalue weighted by atomic mass is 10.0. The third kappa shape index (κ3) is 5.41. The molecule has 0 bridgehead atoms. The van der Waals surface area contributed by atoms with Crippen LogP contribution in [-0.4, -0.2) is 11.2 Å². The minimum atomic E-state index is -0.212. The van der Waals surface area contributed by atoms with Crippen molar-refractivity contribution in [1.82, 2.24) is 0 Å². The molecule has 104 valence electrons. The van der Waals surface area contributed by atoms with Crippen LogP contribution in [0.4, 0.5) is 0 Å². The maximum atomic E-state index is 9.97. The molecule has 0 spiro atoms. The summed E-state index contributed by atoms with van der Waals surface area (Å²) < 4.78 is 0. The Morgan fingerprint density at radius 1 is 0.850 bits per heavy atom. The van der Waals surface area contributed by atoms with Gasteiger partial charge in [0.2, 0.25) is 0 Å². The van der Waals surface area contributed by atoms with E-state index >= 15 is 0 Å². The van der Waals surface area contributed by atoms with E-state index in [1.165, 1.54) is 11.1 Å². The molecule has 0 aromatic heterocycles. The Hall–Kier alpha value is -1.86. The average molecular weight is 266 g/mol. The second-order valence-corrected chi connectivity index (χ2v) is 5.07. The van der Waals surface area contributed by atoms with Crippen LogP contribution in [0.2, 0.25) is 0 Å². The molecule has 20 heavy (non-hydrogen) atoms. The molecule has 1 atom stereocenters. The van der Waals surface area contributed by atoms with E-state index in [1.807, 2.05) is 36.4 Å². The molecule has 1 unspecified atom stereocenters. The second kappa shape index (κ2) is 8.34. The quantitative estimate of drug-likeness (QED) is 0.783. The Kier molecular flexibility index (Phi) is 6.07. The van der Waals surface area contributed by atoms with Gasteiger partial charge in [0, 0.05) is 0 Å². The SMILES string of the molecule is OC(CC/C=C\c1ccccc1)CCc1ccccc1. The van der Waals surface area contributed by atoms with Crippen LogP contribution in [0, 0.1) is 0 Å². The molecule has 0 saturated heterocycles. The van der Waals surface area contributed by atoms with Gasteiger partial charge < -0.3 is 5.11 Å². The molecule has 0 radical (unpaired) electrons. The van der Waals surface area contributed by atoms with Crippen LogP contribution < -0.4 is 0 Å². The standard InChI is InChI=1S/C19H22O/c20-19(16-15-18-11-5-2-6-12-18)14-8-7-13-17-9-3-1-4-10-17/h1-7,9-13,19-20H,8,14-16H2/b13-7-. The molecule has 2 rings (SSSR count). The van der Waals surface area contributed by atoms with Crippen molar-refractivity contribution in [3.05, 3.63) is 77.9 Å². The summed E-state index contributed by atoms with van der Waals surface area (Å²) in [5, 5.41) is 9.97. The summed E-state index contributed by atoms with van der Waals surface area (Å²) in [5.74, 6) is 0. The Morgan fingerprint density at radius 3 is 2.20 bits per heavy atom. The first-order valence-electron chi connectivity index (χ1n) is 7.28. The highest BCUT2D eigenvalue weighted by atomic mass is 16.3. The zero-order chi connectivity index (χ0) is 14.0. The maximum Gasteiger partial charge on any atom is 0.0546 e. The minimum Gasteiger partial charge on any atom is -0.393 e. The fourth-order valence-corrected chi connectivity index (χ4v) is 2.19. The smallest absolute Gasteiger partial charge is 0.0546 e. The van der Waals surface area contributed by atoms with E-state index in [0.29, 0.717) is 0 Å². The fourth-order valence-electron chi connectivity index (χ4n) is 2.19. The molecule has 0 aliphatic rings. The van der Waals surface area contributed by atoms with Gasteiger partial charge in [-0.3, -0.25) is 0 Å². The van der Waals surface area contributed by atoms with Crippen molar-refractivity contribution in [2.24, 2.45) is 0 Å². The predicted octanol–water partition coefficient (Wildman–Crippen LogP) is 4.47. The van der Waals surface area contributed by atoms with Crippen molar-refractivity contribution in [3.63, 3.8) is 0 Å². The van der Waals surface area contributed by atoms with E-state index in [9.17, 15) is 5.11 Å². The number of allylic oxidation sites excluding steroid dienone is 1. The van der Waals surface area contributed by atoms with Crippen LogP contribution in [0.15, 0.2) is 66.7 Å². The molecule has 0 aliphatic heterocycles. The van der Waals surface area contributed by atoms with E-state index in [4.69, 9.17) is 0 Å². The van der Waals surface area contributed by atoms with Crippen molar-refractivity contribution in [3.8, 4) is 0 Å². The molecule has 2 aromatic carbocycles. The molecule has 0 heterocycles. The summed E-state index contributed by atoms with van der Waals surface area (Å²) in [6.07, 6.45) is 7.58. The molecule has 0 fully saturated rings. The molecule has 1 heteroatoms. The minimum absolute atomic E-state index is 0.212. The summed E-state index contributed by atoms with van der Waals surface area (Å²) >= 11 is 0. The van der Waals surface area contributed by atoms with Gasteiger partial charge in [0.1, 0.15) is 0 Å². The van der Waals surface area contributed by atoms with Gasteiger partial charge >= 0.3 is 0 Å². The van der Waals surface area contributed by atoms with Gasteiger partial charge in [0.15, 0.2) is 0 Å². The molecule has 1 nitrogen and oxygen atoms in total. The van der Waals surface area contributed by atoms with Crippen molar-refractivity contribution in [2.75, 3.05) is 0 Å². The number of benzene rings is 2. The van der Waals surface area contributed by atoms with Gasteiger partial charge in [-0.15, -0.1) is 0 Å². The lowest BCUT2D eigenvalue weighted by molar-refractivity contribution is 0.156. The van der Waals surface area contributed by atoms with Crippen LogP contribution in [0.25, 0.3) is 6.08 Å². The van der Waals surface area contributed by atoms with Gasteiger partial charge in [-0.2, -0.15) is 0 Å². The summed E-state index contributed by atoms with van der Waals surface area (Å²) in [6.45, 7) is 0. The monoisotopic (exact) mass is 266 g/mol. The Morgan fingerprint density at radius 2 is 1.50 bits per heavy atom. The number of aliphatic hydroxyl groups is 1. The van der Waals surface area contributed by atoms with Crippen LogP contribution in [0.5, 0.6) is 0 Å². The first kappa shape index (κ1) is 14.5. The van der Waals surface area contributed by atoms with E-state index < -0.39 is 0 Å². The zero-order valence-electron chi connectivity index (χ0n) is 11.8. The molecule has 2 aromatic rings. The molecule has 0 aliphatic carbocycles. The lowest BCUT2D eigenvalue weighted by Gasteiger charge is -2.08. The third-order valence-electron chi connectivity index (χ3n) is 3.39.